The van der Waals surface area contributed by atoms with E-state index < -0.39 is 29.8 Å². The number of carbonyl (C=O) groups is 1. The third kappa shape index (κ3) is 4.65. The summed E-state index contributed by atoms with van der Waals surface area (Å²) in [6, 6.07) is 7.18. The molecule has 154 valence electrons. The number of hydrogen-bond donors (Lipinski definition) is 1. The van der Waals surface area contributed by atoms with Crippen LogP contribution in [-0.2, 0) is 9.53 Å². The maximum Gasteiger partial charge on any atom is 0.309 e. The van der Waals surface area contributed by atoms with E-state index in [1.54, 1.807) is 24.3 Å². The van der Waals surface area contributed by atoms with Gasteiger partial charge in [-0.1, -0.05) is 32.1 Å². The van der Waals surface area contributed by atoms with Gasteiger partial charge in [0.1, 0.15) is 11.9 Å². The molecule has 0 bridgehead atoms. The Hall–Kier alpha value is -2.73. The molecular formula is C23H24F2O4. The predicted molar refractivity (Wildman–Crippen MR) is 107 cm³/mol. The van der Waals surface area contributed by atoms with Crippen molar-refractivity contribution in [3.63, 3.8) is 0 Å². The predicted octanol–water partition coefficient (Wildman–Crippen LogP) is 4.84. The van der Waals surface area contributed by atoms with Crippen LogP contribution in [-0.4, -0.2) is 30.4 Å². The van der Waals surface area contributed by atoms with Crippen molar-refractivity contribution in [1.82, 2.24) is 0 Å². The normalized spacial score (nSPS) is 19.6. The zero-order valence-corrected chi connectivity index (χ0v) is 16.6. The van der Waals surface area contributed by atoms with Gasteiger partial charge >= 0.3 is 5.97 Å². The Morgan fingerprint density at radius 1 is 1.24 bits per heavy atom. The molecule has 1 aliphatic rings. The summed E-state index contributed by atoms with van der Waals surface area (Å²) in [6.07, 6.45) is 2.38. The van der Waals surface area contributed by atoms with Gasteiger partial charge in [-0.15, -0.1) is 0 Å². The largest absolute Gasteiger partial charge is 0.493 e. The van der Waals surface area contributed by atoms with Gasteiger partial charge in [0.25, 0.3) is 0 Å². The molecule has 1 saturated heterocycles. The third-order valence-corrected chi connectivity index (χ3v) is 4.93. The van der Waals surface area contributed by atoms with Gasteiger partial charge in [-0.3, -0.25) is 4.79 Å². The molecule has 2 aromatic carbocycles. The van der Waals surface area contributed by atoms with Crippen molar-refractivity contribution in [2.24, 2.45) is 0 Å². The van der Waals surface area contributed by atoms with E-state index in [-0.39, 0.29) is 18.1 Å². The highest BCUT2D eigenvalue weighted by Crippen LogP contribution is 2.41. The SMILES string of the molecule is COc1c(F)cc(C(C)C)c(C=CC2CC(O)CC(=O)O2)c1-c1ccc(F)cc1. The lowest BCUT2D eigenvalue weighted by atomic mass is 9.88. The number of halogens is 2. The van der Waals surface area contributed by atoms with E-state index in [2.05, 4.69) is 0 Å². The van der Waals surface area contributed by atoms with Crippen LogP contribution < -0.4 is 4.74 Å². The first kappa shape index (κ1) is 21.0. The van der Waals surface area contributed by atoms with E-state index in [9.17, 15) is 18.7 Å². The van der Waals surface area contributed by atoms with Gasteiger partial charge in [0.15, 0.2) is 11.6 Å². The molecular weight excluding hydrogens is 378 g/mol. The second kappa shape index (κ2) is 8.74. The fraction of sp³-hybridized carbons (Fsp3) is 0.348. The van der Waals surface area contributed by atoms with E-state index in [4.69, 9.17) is 9.47 Å². The molecule has 2 aromatic rings. The van der Waals surface area contributed by atoms with Crippen molar-refractivity contribution in [2.75, 3.05) is 7.11 Å². The van der Waals surface area contributed by atoms with Gasteiger partial charge in [0, 0.05) is 12.0 Å². The van der Waals surface area contributed by atoms with Crippen LogP contribution in [0.5, 0.6) is 5.75 Å². The minimum absolute atomic E-state index is 0.00579. The van der Waals surface area contributed by atoms with E-state index in [0.717, 1.165) is 5.56 Å². The third-order valence-electron chi connectivity index (χ3n) is 4.93. The maximum atomic E-state index is 14.8. The molecule has 0 aliphatic carbocycles. The van der Waals surface area contributed by atoms with Crippen LogP contribution in [0.25, 0.3) is 17.2 Å². The molecule has 1 fully saturated rings. The molecule has 2 unspecified atom stereocenters. The van der Waals surface area contributed by atoms with Crippen molar-refractivity contribution in [3.05, 3.63) is 59.2 Å². The zero-order valence-electron chi connectivity index (χ0n) is 16.6. The summed E-state index contributed by atoms with van der Waals surface area (Å²) in [5.74, 6) is -1.31. The van der Waals surface area contributed by atoms with Gasteiger partial charge in [0.05, 0.1) is 19.6 Å². The van der Waals surface area contributed by atoms with Crippen molar-refractivity contribution >= 4 is 12.0 Å². The van der Waals surface area contributed by atoms with Gasteiger partial charge in [-0.05, 0) is 46.9 Å². The van der Waals surface area contributed by atoms with Crippen molar-refractivity contribution in [3.8, 4) is 16.9 Å². The lowest BCUT2D eigenvalue weighted by Crippen LogP contribution is -2.31. The molecule has 0 radical (unpaired) electrons. The number of aliphatic hydroxyl groups is 1. The first-order valence-electron chi connectivity index (χ1n) is 9.52. The fourth-order valence-corrected chi connectivity index (χ4v) is 3.56. The molecule has 1 heterocycles. The fourth-order valence-electron chi connectivity index (χ4n) is 3.56. The van der Waals surface area contributed by atoms with Crippen LogP contribution in [0.2, 0.25) is 0 Å². The number of ether oxygens (including phenoxy) is 2. The maximum absolute atomic E-state index is 14.8. The Bertz CT molecular complexity index is 919. The number of aliphatic hydroxyl groups excluding tert-OH is 1. The van der Waals surface area contributed by atoms with E-state index in [1.807, 2.05) is 13.8 Å². The number of esters is 1. The topological polar surface area (TPSA) is 55.8 Å². The van der Waals surface area contributed by atoms with Gasteiger partial charge < -0.3 is 14.6 Å². The number of carbonyl (C=O) groups excluding carboxylic acids is 1. The summed E-state index contributed by atoms with van der Waals surface area (Å²) in [6.45, 7) is 3.88. The van der Waals surface area contributed by atoms with E-state index in [1.165, 1.54) is 25.3 Å². The van der Waals surface area contributed by atoms with Crippen LogP contribution >= 0.6 is 0 Å². The Morgan fingerprint density at radius 2 is 1.93 bits per heavy atom. The number of rotatable bonds is 5. The number of cyclic esters (lactones) is 1. The molecule has 29 heavy (non-hydrogen) atoms. The van der Waals surface area contributed by atoms with E-state index in [0.29, 0.717) is 23.1 Å². The molecule has 0 spiro atoms. The first-order valence-corrected chi connectivity index (χ1v) is 9.52. The molecule has 3 rings (SSSR count). The average molecular weight is 402 g/mol. The Labute approximate surface area is 168 Å². The lowest BCUT2D eigenvalue weighted by molar-refractivity contribution is -0.156. The van der Waals surface area contributed by atoms with Gasteiger partial charge in [-0.2, -0.15) is 0 Å². The van der Waals surface area contributed by atoms with Gasteiger partial charge in [-0.25, -0.2) is 8.78 Å². The molecule has 6 heteroatoms. The number of methoxy groups -OCH3 is 1. The average Bonchev–Trinajstić information content (AvgIpc) is 2.66. The second-order valence-corrected chi connectivity index (χ2v) is 7.41. The van der Waals surface area contributed by atoms with Crippen LogP contribution in [0.15, 0.2) is 36.4 Å². The smallest absolute Gasteiger partial charge is 0.309 e. The summed E-state index contributed by atoms with van der Waals surface area (Å²) in [5, 5.41) is 9.83. The Balaban J connectivity index is 2.16. The Kier molecular flexibility index (Phi) is 6.33. The summed E-state index contributed by atoms with van der Waals surface area (Å²) < 4.78 is 38.8. The summed E-state index contributed by atoms with van der Waals surface area (Å²) in [7, 11) is 1.38. The molecule has 1 aliphatic heterocycles. The highest BCUT2D eigenvalue weighted by Gasteiger charge is 2.26. The van der Waals surface area contributed by atoms with E-state index >= 15 is 0 Å². The Morgan fingerprint density at radius 3 is 2.52 bits per heavy atom. The minimum atomic E-state index is -0.755. The highest BCUT2D eigenvalue weighted by molar-refractivity contribution is 5.83. The van der Waals surface area contributed by atoms with Crippen LogP contribution in [0.3, 0.4) is 0 Å². The zero-order chi connectivity index (χ0) is 21.1. The summed E-state index contributed by atoms with van der Waals surface area (Å²) in [4.78, 5) is 11.6. The van der Waals surface area contributed by atoms with Crippen molar-refractivity contribution in [1.29, 1.82) is 0 Å². The van der Waals surface area contributed by atoms with Crippen LogP contribution in [0.1, 0.15) is 43.7 Å². The van der Waals surface area contributed by atoms with Crippen LogP contribution in [0, 0.1) is 11.6 Å². The second-order valence-electron chi connectivity index (χ2n) is 7.41. The standard InChI is InChI=1S/C23H24F2O4/c1-13(2)19-12-20(25)23(28-3)22(14-4-6-15(24)7-5-14)18(19)9-8-17-10-16(26)11-21(27)29-17/h4-9,12-13,16-17,26H,10-11H2,1-3H3. The van der Waals surface area contributed by atoms with Crippen molar-refractivity contribution < 1.29 is 28.2 Å². The molecule has 0 amide bonds. The monoisotopic (exact) mass is 402 g/mol. The molecule has 2 atom stereocenters. The summed E-state index contributed by atoms with van der Waals surface area (Å²) >= 11 is 0. The summed E-state index contributed by atoms with van der Waals surface area (Å²) in [5.41, 5.74) is 2.53. The molecule has 0 aromatic heterocycles. The van der Waals surface area contributed by atoms with Gasteiger partial charge in [0.2, 0.25) is 0 Å². The van der Waals surface area contributed by atoms with Crippen LogP contribution in [0.4, 0.5) is 8.78 Å². The number of benzene rings is 2. The molecule has 0 saturated carbocycles. The first-order chi connectivity index (χ1) is 13.8. The molecule has 4 nitrogen and oxygen atoms in total. The van der Waals surface area contributed by atoms with Crippen molar-refractivity contribution in [2.45, 2.75) is 44.8 Å². The number of hydrogen-bond acceptors (Lipinski definition) is 4. The quantitative estimate of drug-likeness (QED) is 0.727. The minimum Gasteiger partial charge on any atom is -0.493 e. The highest BCUT2D eigenvalue weighted by atomic mass is 19.1. The lowest BCUT2D eigenvalue weighted by Gasteiger charge is -2.24. The molecule has 1 N–H and O–H groups in total.